The fourth-order valence-corrected chi connectivity index (χ4v) is 4.50. The van der Waals surface area contributed by atoms with Crippen LogP contribution in [-0.4, -0.2) is 70.7 Å². The third-order valence-corrected chi connectivity index (χ3v) is 6.47. The van der Waals surface area contributed by atoms with Gasteiger partial charge in [0.1, 0.15) is 0 Å². The molecule has 1 aromatic heterocycles. The Labute approximate surface area is 178 Å². The molecule has 2 aromatic rings. The predicted molar refractivity (Wildman–Crippen MR) is 117 cm³/mol. The van der Waals surface area contributed by atoms with Gasteiger partial charge in [0, 0.05) is 51.7 Å². The van der Waals surface area contributed by atoms with Gasteiger partial charge < -0.3 is 4.90 Å². The maximum Gasteiger partial charge on any atom is 0.263 e. The van der Waals surface area contributed by atoms with E-state index in [0.29, 0.717) is 24.2 Å². The molecule has 0 bridgehead atoms. The highest BCUT2D eigenvalue weighted by Crippen LogP contribution is 2.32. The highest BCUT2D eigenvalue weighted by Gasteiger charge is 2.38. The molecule has 7 nitrogen and oxygen atoms in total. The fraction of sp³-hybridized carbons (Fsp3) is 0.522. The number of hydrogen-bond donors (Lipinski definition) is 0. The van der Waals surface area contributed by atoms with E-state index in [-0.39, 0.29) is 11.8 Å². The van der Waals surface area contributed by atoms with Crippen LogP contribution >= 0.6 is 0 Å². The minimum atomic E-state index is -0.198. The summed E-state index contributed by atoms with van der Waals surface area (Å²) in [6.07, 6.45) is 5.97. The van der Waals surface area contributed by atoms with E-state index in [1.54, 1.807) is 16.9 Å². The quantitative estimate of drug-likeness (QED) is 0.628. The average molecular weight is 410 g/mol. The number of aromatic nitrogens is 2. The molecule has 7 heteroatoms. The van der Waals surface area contributed by atoms with Crippen molar-refractivity contribution in [3.05, 3.63) is 47.8 Å². The van der Waals surface area contributed by atoms with E-state index in [2.05, 4.69) is 28.7 Å². The first-order valence-corrected chi connectivity index (χ1v) is 11.1. The summed E-state index contributed by atoms with van der Waals surface area (Å²) in [7, 11) is 0. The molecule has 4 rings (SSSR count). The number of piperazine rings is 1. The molecule has 3 heterocycles. The van der Waals surface area contributed by atoms with E-state index < -0.39 is 0 Å². The lowest BCUT2D eigenvalue weighted by Crippen LogP contribution is -2.48. The van der Waals surface area contributed by atoms with Crippen LogP contribution in [0.25, 0.3) is 0 Å². The van der Waals surface area contributed by atoms with E-state index in [4.69, 9.17) is 0 Å². The van der Waals surface area contributed by atoms with Crippen LogP contribution in [0.5, 0.6) is 0 Å². The molecule has 1 saturated heterocycles. The van der Waals surface area contributed by atoms with Crippen LogP contribution in [0.3, 0.4) is 0 Å². The van der Waals surface area contributed by atoms with Gasteiger partial charge in [-0.3, -0.25) is 24.1 Å². The average Bonchev–Trinajstić information content (AvgIpc) is 3.38. The second-order valence-electron chi connectivity index (χ2n) is 8.20. The van der Waals surface area contributed by atoms with Crippen LogP contribution < -0.4 is 4.90 Å². The summed E-state index contributed by atoms with van der Waals surface area (Å²) >= 11 is 0. The Morgan fingerprint density at radius 3 is 2.40 bits per heavy atom. The van der Waals surface area contributed by atoms with Crippen molar-refractivity contribution in [2.75, 3.05) is 44.2 Å². The highest BCUT2D eigenvalue weighted by atomic mass is 16.2. The van der Waals surface area contributed by atoms with E-state index in [1.165, 1.54) is 17.7 Å². The number of nitrogens with zero attached hydrogens (tertiary/aromatic N) is 5. The third-order valence-electron chi connectivity index (χ3n) is 6.47. The van der Waals surface area contributed by atoms with Gasteiger partial charge in [-0.15, -0.1) is 0 Å². The molecule has 0 spiro atoms. The van der Waals surface area contributed by atoms with Gasteiger partial charge in [0.25, 0.3) is 11.8 Å². The Hall–Kier alpha value is -2.67. The van der Waals surface area contributed by atoms with Gasteiger partial charge in [-0.2, -0.15) is 5.10 Å². The Morgan fingerprint density at radius 1 is 0.967 bits per heavy atom. The number of hydrogen-bond acceptors (Lipinski definition) is 5. The van der Waals surface area contributed by atoms with E-state index in [9.17, 15) is 9.59 Å². The zero-order chi connectivity index (χ0) is 21.1. The van der Waals surface area contributed by atoms with Crippen LogP contribution in [0.4, 0.5) is 5.69 Å². The van der Waals surface area contributed by atoms with Crippen molar-refractivity contribution in [3.63, 3.8) is 0 Å². The summed E-state index contributed by atoms with van der Waals surface area (Å²) in [4.78, 5) is 32.2. The van der Waals surface area contributed by atoms with Crippen molar-refractivity contribution in [2.24, 2.45) is 5.92 Å². The first-order chi connectivity index (χ1) is 14.6. The van der Waals surface area contributed by atoms with Crippen molar-refractivity contribution in [3.8, 4) is 0 Å². The molecule has 2 aliphatic heterocycles. The molecule has 2 aliphatic rings. The molecular weight excluding hydrogens is 378 g/mol. The number of benzene rings is 1. The molecule has 0 radical (unpaired) electrons. The van der Waals surface area contributed by atoms with Crippen molar-refractivity contribution >= 4 is 17.5 Å². The fourth-order valence-electron chi connectivity index (χ4n) is 4.50. The molecule has 0 N–H and O–H groups in total. The summed E-state index contributed by atoms with van der Waals surface area (Å²) in [6, 6.07) is 7.49. The second kappa shape index (κ2) is 9.00. The van der Waals surface area contributed by atoms with Crippen LogP contribution in [0, 0.1) is 5.92 Å². The number of rotatable bonds is 8. The van der Waals surface area contributed by atoms with Gasteiger partial charge in [-0.05, 0) is 24.1 Å². The van der Waals surface area contributed by atoms with Gasteiger partial charge in [-0.1, -0.05) is 32.8 Å². The van der Waals surface area contributed by atoms with Gasteiger partial charge >= 0.3 is 0 Å². The zero-order valence-electron chi connectivity index (χ0n) is 18.0. The second-order valence-corrected chi connectivity index (χ2v) is 8.20. The van der Waals surface area contributed by atoms with Crippen molar-refractivity contribution in [1.29, 1.82) is 0 Å². The standard InChI is InChI=1S/C23H31N5O2/c1-3-18(4-2)17-25-11-13-26(14-12-25)20-8-5-7-19-21(20)23(30)28(22(19)29)16-15-27-10-6-9-24-27/h5-10,18H,3-4,11-17H2,1-2H3. The normalized spacial score (nSPS) is 17.3. The molecule has 30 heavy (non-hydrogen) atoms. The summed E-state index contributed by atoms with van der Waals surface area (Å²) in [5.41, 5.74) is 1.99. The smallest absolute Gasteiger partial charge is 0.263 e. The maximum absolute atomic E-state index is 13.2. The number of carbonyl (C=O) groups excluding carboxylic acids is 2. The van der Waals surface area contributed by atoms with E-state index in [0.717, 1.165) is 44.3 Å². The summed E-state index contributed by atoms with van der Waals surface area (Å²) < 4.78 is 1.74. The van der Waals surface area contributed by atoms with Crippen LogP contribution in [0.1, 0.15) is 47.4 Å². The van der Waals surface area contributed by atoms with Crippen molar-refractivity contribution < 1.29 is 9.59 Å². The molecule has 160 valence electrons. The number of imide groups is 1. The van der Waals surface area contributed by atoms with Crippen LogP contribution in [0.15, 0.2) is 36.7 Å². The first-order valence-electron chi connectivity index (χ1n) is 11.1. The van der Waals surface area contributed by atoms with Crippen molar-refractivity contribution in [1.82, 2.24) is 19.6 Å². The largest absolute Gasteiger partial charge is 0.368 e. The predicted octanol–water partition coefficient (Wildman–Crippen LogP) is 2.74. The summed E-state index contributed by atoms with van der Waals surface area (Å²) in [5.74, 6) is 0.369. The number of carbonyl (C=O) groups is 2. The lowest BCUT2D eigenvalue weighted by Gasteiger charge is -2.38. The topological polar surface area (TPSA) is 61.7 Å². The summed E-state index contributed by atoms with van der Waals surface area (Å²) in [5, 5.41) is 4.16. The van der Waals surface area contributed by atoms with Gasteiger partial charge in [-0.25, -0.2) is 0 Å². The molecule has 1 aromatic carbocycles. The maximum atomic E-state index is 13.2. The minimum absolute atomic E-state index is 0.183. The molecule has 2 amide bonds. The first kappa shape index (κ1) is 20.6. The van der Waals surface area contributed by atoms with Crippen LogP contribution in [-0.2, 0) is 6.54 Å². The monoisotopic (exact) mass is 409 g/mol. The summed E-state index contributed by atoms with van der Waals surface area (Å²) in [6.45, 7) is 10.2. The molecule has 0 unspecified atom stereocenters. The SMILES string of the molecule is CCC(CC)CN1CCN(c2cccc3c2C(=O)N(CCn2cccn2)C3=O)CC1. The molecule has 0 saturated carbocycles. The van der Waals surface area contributed by atoms with Gasteiger partial charge in [0.15, 0.2) is 0 Å². The highest BCUT2D eigenvalue weighted by molar-refractivity contribution is 6.23. The zero-order valence-corrected chi connectivity index (χ0v) is 18.0. The number of amides is 2. The Bertz CT molecular complexity index is 883. The Morgan fingerprint density at radius 2 is 1.73 bits per heavy atom. The molecular formula is C23H31N5O2. The Kier molecular flexibility index (Phi) is 6.18. The van der Waals surface area contributed by atoms with Gasteiger partial charge in [0.05, 0.1) is 23.4 Å². The van der Waals surface area contributed by atoms with Crippen LogP contribution in [0.2, 0.25) is 0 Å². The number of fused-ring (bicyclic) bond motifs is 1. The molecule has 1 fully saturated rings. The lowest BCUT2D eigenvalue weighted by atomic mass is 10.0. The van der Waals surface area contributed by atoms with Crippen molar-refractivity contribution in [2.45, 2.75) is 33.2 Å². The van der Waals surface area contributed by atoms with E-state index >= 15 is 0 Å². The minimum Gasteiger partial charge on any atom is -0.368 e. The number of anilines is 1. The molecule has 0 aliphatic carbocycles. The molecule has 0 atom stereocenters. The Balaban J connectivity index is 1.45. The third kappa shape index (κ3) is 3.99. The van der Waals surface area contributed by atoms with E-state index in [1.807, 2.05) is 24.4 Å². The van der Waals surface area contributed by atoms with Gasteiger partial charge in [0.2, 0.25) is 0 Å². The lowest BCUT2D eigenvalue weighted by molar-refractivity contribution is 0.0647.